The predicted octanol–water partition coefficient (Wildman–Crippen LogP) is 5.03. The third-order valence-electron chi connectivity index (χ3n) is 6.03. The molecule has 6 nitrogen and oxygen atoms in total. The van der Waals surface area contributed by atoms with Gasteiger partial charge in [-0.1, -0.05) is 29.8 Å². The van der Waals surface area contributed by atoms with Crippen molar-refractivity contribution in [1.82, 2.24) is 9.55 Å². The highest BCUT2D eigenvalue weighted by Crippen LogP contribution is 2.29. The third kappa shape index (κ3) is 4.03. The zero-order chi connectivity index (χ0) is 23.2. The zero-order valence-corrected chi connectivity index (χ0v) is 19.6. The van der Waals surface area contributed by atoms with E-state index in [2.05, 4.69) is 9.71 Å². The van der Waals surface area contributed by atoms with Crippen molar-refractivity contribution < 1.29 is 8.42 Å². The Labute approximate surface area is 196 Å². The van der Waals surface area contributed by atoms with E-state index in [9.17, 15) is 13.2 Å². The summed E-state index contributed by atoms with van der Waals surface area (Å²) in [5.41, 5.74) is 3.34. The van der Waals surface area contributed by atoms with Crippen LogP contribution in [0.4, 0.5) is 5.69 Å². The van der Waals surface area contributed by atoms with Gasteiger partial charge >= 0.3 is 0 Å². The molecule has 8 heteroatoms. The number of benzene rings is 3. The molecule has 1 aliphatic carbocycles. The number of hydrogen-bond acceptors (Lipinski definition) is 4. The van der Waals surface area contributed by atoms with Crippen molar-refractivity contribution in [2.24, 2.45) is 0 Å². The number of hydrogen-bond donors (Lipinski definition) is 1. The molecule has 0 unspecified atom stereocenters. The molecule has 0 spiro atoms. The van der Waals surface area contributed by atoms with Crippen LogP contribution >= 0.6 is 11.6 Å². The van der Waals surface area contributed by atoms with Crippen molar-refractivity contribution in [2.75, 3.05) is 4.72 Å². The highest BCUT2D eigenvalue weighted by Gasteiger charge is 2.20. The van der Waals surface area contributed by atoms with Crippen molar-refractivity contribution >= 4 is 38.2 Å². The molecule has 0 atom stereocenters. The molecule has 0 saturated carbocycles. The van der Waals surface area contributed by atoms with E-state index < -0.39 is 10.0 Å². The molecule has 5 rings (SSSR count). The molecule has 0 amide bonds. The standard InChI is InChI=1S/C25H22ClN3O3S/c1-16-27-23-9-5-4-8-21(23)25(30)29(16)19-11-13-22(26)24(15-19)28-33(31,32)20-12-10-17-6-2-3-7-18(17)14-20/h4-5,8-15,28H,2-3,6-7H2,1H3. The average Bonchev–Trinajstić information content (AvgIpc) is 2.80. The summed E-state index contributed by atoms with van der Waals surface area (Å²) in [4.78, 5) is 17.9. The van der Waals surface area contributed by atoms with Crippen molar-refractivity contribution in [3.05, 3.63) is 93.0 Å². The van der Waals surface area contributed by atoms with Gasteiger partial charge in [0.05, 0.1) is 32.2 Å². The third-order valence-corrected chi connectivity index (χ3v) is 7.72. The van der Waals surface area contributed by atoms with Crippen LogP contribution < -0.4 is 10.3 Å². The first-order valence-corrected chi connectivity index (χ1v) is 12.6. The topological polar surface area (TPSA) is 81.1 Å². The first-order chi connectivity index (χ1) is 15.8. The van der Waals surface area contributed by atoms with E-state index in [0.717, 1.165) is 31.2 Å². The van der Waals surface area contributed by atoms with Gasteiger partial charge in [0.1, 0.15) is 5.82 Å². The van der Waals surface area contributed by atoms with Gasteiger partial charge in [-0.3, -0.25) is 14.1 Å². The molecule has 33 heavy (non-hydrogen) atoms. The SMILES string of the molecule is Cc1nc2ccccc2c(=O)n1-c1ccc(Cl)c(NS(=O)(=O)c2ccc3c(c2)CCCC3)c1. The van der Waals surface area contributed by atoms with Gasteiger partial charge in [-0.25, -0.2) is 13.4 Å². The molecule has 1 aromatic heterocycles. The maximum Gasteiger partial charge on any atom is 0.265 e. The van der Waals surface area contributed by atoms with Crippen molar-refractivity contribution in [3.8, 4) is 5.69 Å². The quantitative estimate of drug-likeness (QED) is 0.445. The summed E-state index contributed by atoms with van der Waals surface area (Å²) in [6.07, 6.45) is 4.05. The molecule has 4 aromatic rings. The van der Waals surface area contributed by atoms with Gasteiger partial charge in [0.2, 0.25) is 0 Å². The van der Waals surface area contributed by atoms with E-state index in [0.29, 0.717) is 22.4 Å². The van der Waals surface area contributed by atoms with E-state index in [-0.39, 0.29) is 21.2 Å². The van der Waals surface area contributed by atoms with Gasteiger partial charge < -0.3 is 0 Å². The Morgan fingerprint density at radius 3 is 2.55 bits per heavy atom. The summed E-state index contributed by atoms with van der Waals surface area (Å²) in [6, 6.07) is 17.2. The van der Waals surface area contributed by atoms with Crippen molar-refractivity contribution in [3.63, 3.8) is 0 Å². The zero-order valence-electron chi connectivity index (χ0n) is 18.0. The van der Waals surface area contributed by atoms with E-state index in [4.69, 9.17) is 11.6 Å². The molecule has 1 heterocycles. The summed E-state index contributed by atoms with van der Waals surface area (Å²) < 4.78 is 30.3. The smallest absolute Gasteiger partial charge is 0.265 e. The molecule has 3 aromatic carbocycles. The number of para-hydroxylation sites is 1. The minimum absolute atomic E-state index is 0.199. The highest BCUT2D eigenvalue weighted by molar-refractivity contribution is 7.92. The monoisotopic (exact) mass is 479 g/mol. The molecule has 0 aliphatic heterocycles. The Morgan fingerprint density at radius 2 is 1.73 bits per heavy atom. The number of rotatable bonds is 4. The fraction of sp³-hybridized carbons (Fsp3) is 0.200. The largest absolute Gasteiger partial charge is 0.278 e. The van der Waals surface area contributed by atoms with E-state index >= 15 is 0 Å². The van der Waals surface area contributed by atoms with Gasteiger partial charge in [0.25, 0.3) is 15.6 Å². The van der Waals surface area contributed by atoms with Crippen LogP contribution in [0.25, 0.3) is 16.6 Å². The van der Waals surface area contributed by atoms with E-state index in [1.54, 1.807) is 55.5 Å². The number of aryl methyl sites for hydroxylation is 3. The Bertz CT molecular complexity index is 1560. The van der Waals surface area contributed by atoms with Gasteiger partial charge in [0, 0.05) is 0 Å². The summed E-state index contributed by atoms with van der Waals surface area (Å²) in [6.45, 7) is 1.74. The number of sulfonamides is 1. The lowest BCUT2D eigenvalue weighted by Gasteiger charge is -2.18. The lowest BCUT2D eigenvalue weighted by molar-refractivity contribution is 0.600. The second kappa shape index (κ2) is 8.32. The molecule has 0 fully saturated rings. The van der Waals surface area contributed by atoms with E-state index in [1.165, 1.54) is 10.1 Å². The van der Waals surface area contributed by atoms with Crippen LogP contribution in [-0.4, -0.2) is 18.0 Å². The first kappa shape index (κ1) is 21.7. The first-order valence-electron chi connectivity index (χ1n) is 10.8. The molecular formula is C25H22ClN3O3S. The Kier molecular flexibility index (Phi) is 5.46. The molecule has 1 aliphatic rings. The fourth-order valence-corrected chi connectivity index (χ4v) is 5.70. The predicted molar refractivity (Wildman–Crippen MR) is 131 cm³/mol. The van der Waals surface area contributed by atoms with E-state index in [1.807, 2.05) is 12.1 Å². The Balaban J connectivity index is 1.55. The molecule has 0 radical (unpaired) electrons. The molecule has 1 N–H and O–H groups in total. The maximum atomic E-state index is 13.1. The lowest BCUT2D eigenvalue weighted by atomic mass is 9.92. The number of anilines is 1. The lowest BCUT2D eigenvalue weighted by Crippen LogP contribution is -2.22. The highest BCUT2D eigenvalue weighted by atomic mass is 35.5. The number of nitrogens with one attached hydrogen (secondary N) is 1. The normalized spacial score (nSPS) is 13.6. The second-order valence-electron chi connectivity index (χ2n) is 8.22. The minimum atomic E-state index is -3.86. The molecule has 0 bridgehead atoms. The Hall–Kier alpha value is -3.16. The van der Waals surface area contributed by atoms with Crippen molar-refractivity contribution in [2.45, 2.75) is 37.5 Å². The number of nitrogens with zero attached hydrogens (tertiary/aromatic N) is 2. The number of halogens is 1. The summed E-state index contributed by atoms with van der Waals surface area (Å²) in [5.74, 6) is 0.490. The fourth-order valence-electron chi connectivity index (χ4n) is 4.36. The second-order valence-corrected chi connectivity index (χ2v) is 10.3. The van der Waals surface area contributed by atoms with Crippen LogP contribution in [0, 0.1) is 6.92 Å². The van der Waals surface area contributed by atoms with Crippen LogP contribution in [0.3, 0.4) is 0 Å². The summed E-state index contributed by atoms with van der Waals surface area (Å²) in [7, 11) is -3.86. The van der Waals surface area contributed by atoms with Crippen molar-refractivity contribution in [1.29, 1.82) is 0 Å². The van der Waals surface area contributed by atoms with Crippen LogP contribution in [0.2, 0.25) is 5.02 Å². The van der Waals surface area contributed by atoms with Gasteiger partial charge in [-0.15, -0.1) is 0 Å². The number of aromatic nitrogens is 2. The van der Waals surface area contributed by atoms with Crippen LogP contribution in [0.1, 0.15) is 29.8 Å². The minimum Gasteiger partial charge on any atom is -0.278 e. The van der Waals surface area contributed by atoms with Crippen LogP contribution in [-0.2, 0) is 22.9 Å². The number of fused-ring (bicyclic) bond motifs is 2. The average molecular weight is 480 g/mol. The Morgan fingerprint density at radius 1 is 0.970 bits per heavy atom. The van der Waals surface area contributed by atoms with Gasteiger partial charge in [0.15, 0.2) is 0 Å². The summed E-state index contributed by atoms with van der Waals surface area (Å²) in [5, 5.41) is 0.717. The van der Waals surface area contributed by atoms with Crippen LogP contribution in [0.15, 0.2) is 70.4 Å². The maximum absolute atomic E-state index is 13.1. The van der Waals surface area contributed by atoms with Gasteiger partial charge in [-0.2, -0.15) is 0 Å². The van der Waals surface area contributed by atoms with Gasteiger partial charge in [-0.05, 0) is 86.2 Å². The molecule has 0 saturated heterocycles. The summed E-state index contributed by atoms with van der Waals surface area (Å²) >= 11 is 6.34. The van der Waals surface area contributed by atoms with Crippen LogP contribution in [0.5, 0.6) is 0 Å². The molecular weight excluding hydrogens is 458 g/mol. The molecule has 168 valence electrons.